The van der Waals surface area contributed by atoms with Crippen LogP contribution in [0.5, 0.6) is 6.01 Å². The molecule has 0 radical (unpaired) electrons. The number of likely N-dealkylation sites (tertiary alicyclic amines) is 1. The second-order valence-corrected chi connectivity index (χ2v) is 13.6. The molecule has 0 amide bonds. The van der Waals surface area contributed by atoms with Crippen molar-refractivity contribution >= 4 is 22.3 Å². The number of hydrogen-bond donors (Lipinski definition) is 0. The molecule has 8 heteroatoms. The van der Waals surface area contributed by atoms with E-state index < -0.39 is 0 Å². The van der Waals surface area contributed by atoms with Gasteiger partial charge in [0.25, 0.3) is 0 Å². The minimum atomic E-state index is 0.130. The maximum absolute atomic E-state index is 9.64. The number of anilines is 2. The average Bonchev–Trinajstić information content (AvgIpc) is 3.73. The van der Waals surface area contributed by atoms with E-state index in [4.69, 9.17) is 14.7 Å². The van der Waals surface area contributed by atoms with Crippen LogP contribution in [-0.2, 0) is 13.0 Å². The minimum Gasteiger partial charge on any atom is -0.463 e. The number of nitriles is 1. The molecule has 0 N–H and O–H groups in total. The van der Waals surface area contributed by atoms with Crippen LogP contribution < -0.4 is 14.5 Å². The molecule has 3 aliphatic heterocycles. The number of ether oxygens (including phenoxy) is 1. The molecule has 2 atom stereocenters. The number of benzene rings is 2. The number of rotatable bonds is 8. The third kappa shape index (κ3) is 5.83. The first-order valence-electron chi connectivity index (χ1n) is 17.0. The van der Waals surface area contributed by atoms with E-state index in [1.54, 1.807) is 0 Å². The van der Waals surface area contributed by atoms with Gasteiger partial charge in [0.2, 0.25) is 0 Å². The Labute approximate surface area is 268 Å². The largest absolute Gasteiger partial charge is 0.463 e. The summed E-state index contributed by atoms with van der Waals surface area (Å²) in [5, 5.41) is 12.2. The van der Waals surface area contributed by atoms with Gasteiger partial charge in [0, 0.05) is 54.3 Å². The molecule has 1 unspecified atom stereocenters. The highest BCUT2D eigenvalue weighted by Crippen LogP contribution is 2.46. The van der Waals surface area contributed by atoms with E-state index in [1.807, 2.05) is 6.92 Å². The summed E-state index contributed by atoms with van der Waals surface area (Å²) in [5.41, 5.74) is 3.74. The number of fused-ring (bicyclic) bond motifs is 2. The van der Waals surface area contributed by atoms with Crippen LogP contribution in [0, 0.1) is 16.7 Å². The Morgan fingerprint density at radius 1 is 1.00 bits per heavy atom. The summed E-state index contributed by atoms with van der Waals surface area (Å²) < 4.78 is 6.73. The van der Waals surface area contributed by atoms with Gasteiger partial charge in [0.1, 0.15) is 5.82 Å². The van der Waals surface area contributed by atoms with Gasteiger partial charge in [-0.1, -0.05) is 55.3 Å². The molecule has 1 saturated carbocycles. The Kier molecular flexibility index (Phi) is 8.55. The summed E-state index contributed by atoms with van der Waals surface area (Å²) in [4.78, 5) is 20.1. The van der Waals surface area contributed by atoms with Crippen LogP contribution in [0.4, 0.5) is 11.5 Å². The first-order chi connectivity index (χ1) is 22.1. The number of allylic oxidation sites excluding steroid dienone is 1. The van der Waals surface area contributed by atoms with Crippen LogP contribution in [0.15, 0.2) is 54.7 Å². The molecule has 2 aromatic carbocycles. The zero-order valence-corrected chi connectivity index (χ0v) is 27.0. The lowest BCUT2D eigenvalue weighted by Gasteiger charge is -2.42. The highest BCUT2D eigenvalue weighted by molar-refractivity contribution is 5.94. The van der Waals surface area contributed by atoms with Crippen molar-refractivity contribution in [2.75, 3.05) is 56.2 Å². The molecule has 45 heavy (non-hydrogen) atoms. The second kappa shape index (κ2) is 12.9. The van der Waals surface area contributed by atoms with Crippen molar-refractivity contribution in [2.45, 2.75) is 76.9 Å². The van der Waals surface area contributed by atoms with Crippen molar-refractivity contribution < 1.29 is 4.74 Å². The molecule has 1 aliphatic carbocycles. The van der Waals surface area contributed by atoms with Crippen LogP contribution in [0.2, 0.25) is 0 Å². The van der Waals surface area contributed by atoms with Crippen molar-refractivity contribution in [2.24, 2.45) is 5.41 Å². The highest BCUT2D eigenvalue weighted by atomic mass is 16.5. The van der Waals surface area contributed by atoms with Crippen molar-refractivity contribution in [1.29, 1.82) is 5.26 Å². The summed E-state index contributed by atoms with van der Waals surface area (Å²) in [6, 6.07) is 18.9. The summed E-state index contributed by atoms with van der Waals surface area (Å²) in [7, 11) is 2.29. The van der Waals surface area contributed by atoms with Gasteiger partial charge in [-0.15, -0.1) is 0 Å². The van der Waals surface area contributed by atoms with Gasteiger partial charge in [0.05, 0.1) is 37.4 Å². The first kappa shape index (κ1) is 29.9. The Morgan fingerprint density at radius 3 is 2.64 bits per heavy atom. The van der Waals surface area contributed by atoms with Crippen molar-refractivity contribution in [3.8, 4) is 12.1 Å². The average molecular weight is 606 g/mol. The Morgan fingerprint density at radius 2 is 1.84 bits per heavy atom. The smallest absolute Gasteiger partial charge is 0.318 e. The van der Waals surface area contributed by atoms with Crippen molar-refractivity contribution in [1.82, 2.24) is 19.8 Å². The molecule has 1 aromatic heterocycles. The Balaban J connectivity index is 1.22. The molecule has 4 heterocycles. The summed E-state index contributed by atoms with van der Waals surface area (Å²) in [6.45, 7) is 8.04. The maximum atomic E-state index is 9.64. The van der Waals surface area contributed by atoms with E-state index in [0.717, 1.165) is 50.7 Å². The first-order valence-corrected chi connectivity index (χ1v) is 17.0. The molecule has 8 nitrogen and oxygen atoms in total. The van der Waals surface area contributed by atoms with Gasteiger partial charge in [0.15, 0.2) is 0 Å². The molecule has 0 spiro atoms. The fourth-order valence-corrected chi connectivity index (χ4v) is 8.69. The van der Waals surface area contributed by atoms with Gasteiger partial charge in [-0.3, -0.25) is 0 Å². The lowest BCUT2D eigenvalue weighted by molar-refractivity contribution is 0.0558. The molecule has 0 bridgehead atoms. The molecular weight excluding hydrogens is 558 g/mol. The number of piperazine rings is 1. The fourth-order valence-electron chi connectivity index (χ4n) is 8.69. The van der Waals surface area contributed by atoms with Crippen LogP contribution in [0.1, 0.15) is 63.1 Å². The van der Waals surface area contributed by atoms with Crippen LogP contribution in [-0.4, -0.2) is 78.2 Å². The van der Waals surface area contributed by atoms with Crippen molar-refractivity contribution in [3.05, 3.63) is 66.0 Å². The topological polar surface area (TPSA) is 71.8 Å². The summed E-state index contributed by atoms with van der Waals surface area (Å²) in [5.74, 6) is 1.01. The lowest BCUT2D eigenvalue weighted by atomic mass is 9.78. The number of hydrogen-bond acceptors (Lipinski definition) is 8. The van der Waals surface area contributed by atoms with Crippen LogP contribution in [0.3, 0.4) is 0 Å². The number of nitrogens with zero attached hydrogens (tertiary/aromatic N) is 7. The molecule has 4 aliphatic rings. The van der Waals surface area contributed by atoms with Crippen LogP contribution >= 0.6 is 0 Å². The molecule has 236 valence electrons. The van der Waals surface area contributed by atoms with E-state index in [2.05, 4.69) is 87.5 Å². The predicted molar refractivity (Wildman–Crippen MR) is 181 cm³/mol. The molecule has 2 saturated heterocycles. The molecular formula is C37H47N7O. The third-order valence-electron chi connectivity index (χ3n) is 10.9. The van der Waals surface area contributed by atoms with Crippen molar-refractivity contribution in [3.63, 3.8) is 0 Å². The van der Waals surface area contributed by atoms with E-state index in [1.165, 1.54) is 67.1 Å². The molecule has 3 fully saturated rings. The minimum absolute atomic E-state index is 0.130. The zero-order chi connectivity index (χ0) is 30.8. The highest BCUT2D eigenvalue weighted by Gasteiger charge is 2.45. The van der Waals surface area contributed by atoms with Gasteiger partial charge >= 0.3 is 6.01 Å². The van der Waals surface area contributed by atoms with Gasteiger partial charge in [-0.05, 0) is 70.3 Å². The van der Waals surface area contributed by atoms with E-state index >= 15 is 0 Å². The normalized spacial score (nSPS) is 23.5. The van der Waals surface area contributed by atoms with E-state index in [0.29, 0.717) is 25.1 Å². The standard InChI is InChI=1S/C37H47N7O/c1-3-20-42-23-24-44(25-29(42)15-19-38)35-31-16-22-43(33-13-8-11-28-10-4-5-12-30(28)33)26-32(31)39-36(40-35)45-27-37(17-6-7-18-37)34-14-9-21-41(34)2/h3-5,8,10-13,20,29,34H,6-7,9,14-18,21-27H2,1-2H3/t29-,34?/m0/s1. The molecule has 3 aromatic rings. The number of aromatic nitrogens is 2. The Bertz CT molecular complexity index is 1570. The SMILES string of the molecule is CC=CN1CCN(c2nc(OCC3(C4CCCN4C)CCCC3)nc3c2CCN(c2cccc4ccccc24)C3)C[C@@H]1CC#N. The summed E-state index contributed by atoms with van der Waals surface area (Å²) in [6.07, 6.45) is 13.1. The second-order valence-electron chi connectivity index (χ2n) is 13.6. The third-order valence-corrected chi connectivity index (χ3v) is 10.9. The molecule has 7 rings (SSSR count). The maximum Gasteiger partial charge on any atom is 0.318 e. The van der Waals surface area contributed by atoms with Crippen LogP contribution in [0.25, 0.3) is 10.8 Å². The Hall–Kier alpha value is -3.83. The monoisotopic (exact) mass is 605 g/mol. The fraction of sp³-hybridized carbons (Fsp3) is 0.541. The van der Waals surface area contributed by atoms with E-state index in [-0.39, 0.29) is 11.5 Å². The van der Waals surface area contributed by atoms with Gasteiger partial charge < -0.3 is 24.3 Å². The zero-order valence-electron chi connectivity index (χ0n) is 27.0. The summed E-state index contributed by atoms with van der Waals surface area (Å²) >= 11 is 0. The van der Waals surface area contributed by atoms with Gasteiger partial charge in [-0.25, -0.2) is 0 Å². The predicted octanol–water partition coefficient (Wildman–Crippen LogP) is 6.16. The van der Waals surface area contributed by atoms with Gasteiger partial charge in [-0.2, -0.15) is 15.2 Å². The lowest BCUT2D eigenvalue weighted by Crippen LogP contribution is -2.51. The quantitative estimate of drug-likeness (QED) is 0.302. The van der Waals surface area contributed by atoms with E-state index in [9.17, 15) is 5.26 Å².